The zero-order valence-corrected chi connectivity index (χ0v) is 9.88. The Labute approximate surface area is 97.9 Å². The number of ether oxygens (including phenoxy) is 1. The molecule has 17 heavy (non-hydrogen) atoms. The van der Waals surface area contributed by atoms with Gasteiger partial charge >= 0.3 is 6.18 Å². The number of carbonyl (C=O) groups excluding carboxylic acids is 1. The molecular formula is C10H17F3N2O2. The van der Waals surface area contributed by atoms with E-state index in [4.69, 9.17) is 10.5 Å². The van der Waals surface area contributed by atoms with Gasteiger partial charge in [-0.3, -0.25) is 4.79 Å². The molecule has 2 N–H and O–H groups in total. The van der Waals surface area contributed by atoms with E-state index in [1.165, 1.54) is 6.92 Å². The third-order valence-electron chi connectivity index (χ3n) is 3.05. The minimum absolute atomic E-state index is 0.000648. The van der Waals surface area contributed by atoms with Gasteiger partial charge in [-0.1, -0.05) is 0 Å². The number of halogens is 3. The molecule has 1 aliphatic heterocycles. The summed E-state index contributed by atoms with van der Waals surface area (Å²) in [5, 5.41) is 0. The van der Waals surface area contributed by atoms with Crippen LogP contribution in [-0.4, -0.2) is 49.3 Å². The van der Waals surface area contributed by atoms with Crippen LogP contribution < -0.4 is 5.73 Å². The number of nitrogens with zero attached hydrogens (tertiary/aromatic N) is 1. The minimum atomic E-state index is -4.40. The number of hydrogen-bond donors (Lipinski definition) is 1. The third kappa shape index (κ3) is 3.10. The van der Waals surface area contributed by atoms with Gasteiger partial charge in [0, 0.05) is 12.6 Å². The van der Waals surface area contributed by atoms with Crippen LogP contribution in [0, 0.1) is 5.41 Å². The molecule has 1 saturated heterocycles. The minimum Gasteiger partial charge on any atom is -0.379 e. The molecule has 0 aliphatic carbocycles. The lowest BCUT2D eigenvalue weighted by Gasteiger charge is -2.32. The summed E-state index contributed by atoms with van der Waals surface area (Å²) in [5.41, 5.74) is 4.66. The van der Waals surface area contributed by atoms with E-state index >= 15 is 0 Å². The van der Waals surface area contributed by atoms with Crippen molar-refractivity contribution in [3.63, 3.8) is 0 Å². The van der Waals surface area contributed by atoms with Crippen molar-refractivity contribution in [3.05, 3.63) is 0 Å². The largest absolute Gasteiger partial charge is 0.406 e. The Morgan fingerprint density at radius 2 is 2.18 bits per heavy atom. The normalized spacial score (nSPS) is 29.4. The van der Waals surface area contributed by atoms with E-state index in [0.29, 0.717) is 0 Å². The molecule has 0 spiro atoms. The topological polar surface area (TPSA) is 55.6 Å². The van der Waals surface area contributed by atoms with Gasteiger partial charge in [0.05, 0.1) is 18.6 Å². The van der Waals surface area contributed by atoms with Crippen LogP contribution in [0.1, 0.15) is 13.8 Å². The van der Waals surface area contributed by atoms with E-state index in [1.807, 2.05) is 0 Å². The van der Waals surface area contributed by atoms with Gasteiger partial charge < -0.3 is 15.4 Å². The van der Waals surface area contributed by atoms with Gasteiger partial charge in [0.1, 0.15) is 6.54 Å². The van der Waals surface area contributed by atoms with Crippen LogP contribution in [0.3, 0.4) is 0 Å². The summed E-state index contributed by atoms with van der Waals surface area (Å²) < 4.78 is 42.0. The molecule has 0 radical (unpaired) electrons. The molecule has 0 bridgehead atoms. The quantitative estimate of drug-likeness (QED) is 0.809. The predicted molar refractivity (Wildman–Crippen MR) is 55.2 cm³/mol. The average Bonchev–Trinajstić information content (AvgIpc) is 2.55. The van der Waals surface area contributed by atoms with Gasteiger partial charge in [-0.15, -0.1) is 0 Å². The number of nitrogens with two attached hydrogens (primary N) is 1. The molecule has 1 aliphatic rings. The highest BCUT2D eigenvalue weighted by molar-refractivity contribution is 5.83. The van der Waals surface area contributed by atoms with Crippen molar-refractivity contribution in [2.45, 2.75) is 26.1 Å². The van der Waals surface area contributed by atoms with Crippen LogP contribution in [0.2, 0.25) is 0 Å². The van der Waals surface area contributed by atoms with Crippen LogP contribution in [0.5, 0.6) is 0 Å². The first-order chi connectivity index (χ1) is 7.70. The van der Waals surface area contributed by atoms with E-state index < -0.39 is 30.1 Å². The highest BCUT2D eigenvalue weighted by Gasteiger charge is 2.47. The SMILES string of the molecule is CCN(CC(F)(F)F)C(=O)C1(C)COCC1N. The summed E-state index contributed by atoms with van der Waals surface area (Å²) in [6.07, 6.45) is -4.40. The van der Waals surface area contributed by atoms with E-state index in [9.17, 15) is 18.0 Å². The summed E-state index contributed by atoms with van der Waals surface area (Å²) in [5.74, 6) is -0.595. The van der Waals surface area contributed by atoms with Crippen LogP contribution in [0.4, 0.5) is 13.2 Å². The average molecular weight is 254 g/mol. The van der Waals surface area contributed by atoms with E-state index in [0.717, 1.165) is 4.90 Å². The number of carbonyl (C=O) groups is 1. The lowest BCUT2D eigenvalue weighted by Crippen LogP contribution is -2.53. The van der Waals surface area contributed by atoms with E-state index in [-0.39, 0.29) is 19.8 Å². The second-order valence-electron chi connectivity index (χ2n) is 4.47. The Morgan fingerprint density at radius 3 is 2.53 bits per heavy atom. The Balaban J connectivity index is 2.79. The van der Waals surface area contributed by atoms with Crippen molar-refractivity contribution in [1.29, 1.82) is 0 Å². The fraction of sp³-hybridized carbons (Fsp3) is 0.900. The second-order valence-corrected chi connectivity index (χ2v) is 4.47. The summed E-state index contributed by atoms with van der Waals surface area (Å²) in [6, 6.07) is -0.558. The maximum absolute atomic E-state index is 12.3. The fourth-order valence-corrected chi connectivity index (χ4v) is 1.81. The molecular weight excluding hydrogens is 237 g/mol. The Bertz CT molecular complexity index is 296. The molecule has 1 heterocycles. The smallest absolute Gasteiger partial charge is 0.379 e. The van der Waals surface area contributed by atoms with E-state index in [2.05, 4.69) is 0 Å². The summed E-state index contributed by atoms with van der Waals surface area (Å²) in [6.45, 7) is 2.08. The molecule has 7 heteroatoms. The summed E-state index contributed by atoms with van der Waals surface area (Å²) in [7, 11) is 0. The number of alkyl halides is 3. The molecule has 0 aromatic carbocycles. The first-order valence-electron chi connectivity index (χ1n) is 5.40. The lowest BCUT2D eigenvalue weighted by atomic mass is 9.84. The number of amides is 1. The molecule has 0 aromatic heterocycles. The van der Waals surface area contributed by atoms with E-state index in [1.54, 1.807) is 6.92 Å². The molecule has 2 atom stereocenters. The van der Waals surface area contributed by atoms with Crippen LogP contribution >= 0.6 is 0 Å². The Morgan fingerprint density at radius 1 is 1.59 bits per heavy atom. The maximum atomic E-state index is 12.3. The zero-order chi connectivity index (χ0) is 13.3. The van der Waals surface area contributed by atoms with Gasteiger partial charge in [0.2, 0.25) is 5.91 Å². The number of rotatable bonds is 3. The molecule has 1 rings (SSSR count). The monoisotopic (exact) mass is 254 g/mol. The summed E-state index contributed by atoms with van der Waals surface area (Å²) >= 11 is 0. The van der Waals surface area contributed by atoms with Gasteiger partial charge in [0.15, 0.2) is 0 Å². The van der Waals surface area contributed by atoms with Crippen molar-refractivity contribution in [2.24, 2.45) is 11.1 Å². The molecule has 100 valence electrons. The van der Waals surface area contributed by atoms with Crippen molar-refractivity contribution in [3.8, 4) is 0 Å². The first-order valence-corrected chi connectivity index (χ1v) is 5.40. The molecule has 0 aromatic rings. The van der Waals surface area contributed by atoms with Crippen molar-refractivity contribution >= 4 is 5.91 Å². The van der Waals surface area contributed by atoms with Crippen LogP contribution in [0.25, 0.3) is 0 Å². The fourth-order valence-electron chi connectivity index (χ4n) is 1.81. The predicted octanol–water partition coefficient (Wildman–Crippen LogP) is 0.761. The van der Waals surface area contributed by atoms with Crippen molar-refractivity contribution in [1.82, 2.24) is 4.90 Å². The van der Waals surface area contributed by atoms with Gasteiger partial charge in [-0.05, 0) is 13.8 Å². The number of hydrogen-bond acceptors (Lipinski definition) is 3. The van der Waals surface area contributed by atoms with Crippen molar-refractivity contribution in [2.75, 3.05) is 26.3 Å². The third-order valence-corrected chi connectivity index (χ3v) is 3.05. The van der Waals surface area contributed by atoms with Crippen molar-refractivity contribution < 1.29 is 22.7 Å². The van der Waals surface area contributed by atoms with Crippen LogP contribution in [-0.2, 0) is 9.53 Å². The molecule has 2 unspecified atom stereocenters. The second kappa shape index (κ2) is 4.81. The van der Waals surface area contributed by atoms with Gasteiger partial charge in [-0.2, -0.15) is 13.2 Å². The Hall–Kier alpha value is -0.820. The summed E-state index contributed by atoms with van der Waals surface area (Å²) in [4.78, 5) is 12.8. The van der Waals surface area contributed by atoms with Crippen LogP contribution in [0.15, 0.2) is 0 Å². The molecule has 1 fully saturated rings. The van der Waals surface area contributed by atoms with Gasteiger partial charge in [-0.25, -0.2) is 0 Å². The maximum Gasteiger partial charge on any atom is 0.406 e. The Kier molecular flexibility index (Phi) is 4.03. The highest BCUT2D eigenvalue weighted by Crippen LogP contribution is 2.30. The lowest BCUT2D eigenvalue weighted by molar-refractivity contribution is -0.167. The zero-order valence-electron chi connectivity index (χ0n) is 9.88. The molecule has 4 nitrogen and oxygen atoms in total. The molecule has 0 saturated carbocycles. The standard InChI is InChI=1S/C10H17F3N2O2/c1-3-15(5-10(11,12)13)8(16)9(2)6-17-4-7(9)14/h7H,3-6,14H2,1-2H3. The molecule has 1 amide bonds. The highest BCUT2D eigenvalue weighted by atomic mass is 19.4. The van der Waals surface area contributed by atoms with Gasteiger partial charge in [0.25, 0.3) is 0 Å². The first kappa shape index (κ1) is 14.2.